The second-order valence-electron chi connectivity index (χ2n) is 6.20. The number of hydrogen-bond acceptors (Lipinski definition) is 4. The number of pyridine rings is 1. The molecule has 1 saturated heterocycles. The van der Waals surface area contributed by atoms with E-state index in [1.54, 1.807) is 19.4 Å². The highest BCUT2D eigenvalue weighted by molar-refractivity contribution is 5.73. The summed E-state index contributed by atoms with van der Waals surface area (Å²) in [5.41, 5.74) is 0.948. The number of hydrogen-bond donors (Lipinski definition) is 2. The van der Waals surface area contributed by atoms with Crippen LogP contribution in [0, 0.1) is 5.92 Å². The molecule has 0 bridgehead atoms. The summed E-state index contributed by atoms with van der Waals surface area (Å²) in [6.07, 6.45) is 5.29. The van der Waals surface area contributed by atoms with E-state index in [1.165, 1.54) is 25.9 Å². The van der Waals surface area contributed by atoms with Gasteiger partial charge in [0.05, 0.1) is 7.11 Å². The number of nitrogens with zero attached hydrogens (tertiary/aromatic N) is 2. The molecule has 0 atom stereocenters. The molecule has 2 amide bonds. The molecule has 0 aliphatic carbocycles. The number of methoxy groups -OCH3 is 1. The normalized spacial score (nSPS) is 16.1. The third kappa shape index (κ3) is 6.44. The Hall–Kier alpha value is -1.82. The first kappa shape index (κ1) is 17.5. The van der Waals surface area contributed by atoms with Crippen molar-refractivity contribution in [2.75, 3.05) is 33.3 Å². The van der Waals surface area contributed by atoms with E-state index in [1.807, 2.05) is 6.07 Å². The van der Waals surface area contributed by atoms with Gasteiger partial charge in [0.15, 0.2) is 0 Å². The first-order valence-electron chi connectivity index (χ1n) is 8.40. The van der Waals surface area contributed by atoms with Crippen LogP contribution in [0.25, 0.3) is 0 Å². The standard InChI is InChI=1S/C17H28N4O2/c1-14-6-10-21(11-7-14)9-3-8-18-17(22)20-13-15-4-5-16(23-2)19-12-15/h4-5,12,14H,3,6-11,13H2,1-2H3,(H2,18,20,22). The lowest BCUT2D eigenvalue weighted by Gasteiger charge is -2.30. The number of nitrogens with one attached hydrogen (secondary N) is 2. The van der Waals surface area contributed by atoms with Crippen LogP contribution in [-0.2, 0) is 6.54 Å². The topological polar surface area (TPSA) is 66.5 Å². The number of rotatable bonds is 7. The molecule has 0 unspecified atom stereocenters. The van der Waals surface area contributed by atoms with E-state index < -0.39 is 0 Å². The van der Waals surface area contributed by atoms with E-state index in [0.29, 0.717) is 19.0 Å². The number of piperidine rings is 1. The zero-order valence-corrected chi connectivity index (χ0v) is 14.2. The molecule has 2 N–H and O–H groups in total. The van der Waals surface area contributed by atoms with Crippen LogP contribution in [0.2, 0.25) is 0 Å². The lowest BCUT2D eigenvalue weighted by atomic mass is 9.99. The minimum Gasteiger partial charge on any atom is -0.481 e. The van der Waals surface area contributed by atoms with Crippen molar-refractivity contribution in [3.63, 3.8) is 0 Å². The summed E-state index contributed by atoms with van der Waals surface area (Å²) in [5, 5.41) is 5.74. The number of aromatic nitrogens is 1. The van der Waals surface area contributed by atoms with E-state index in [2.05, 4.69) is 27.4 Å². The van der Waals surface area contributed by atoms with Gasteiger partial charge in [-0.15, -0.1) is 0 Å². The molecule has 23 heavy (non-hydrogen) atoms. The molecule has 0 radical (unpaired) electrons. The smallest absolute Gasteiger partial charge is 0.315 e. The molecule has 128 valence electrons. The van der Waals surface area contributed by atoms with Crippen molar-refractivity contribution < 1.29 is 9.53 Å². The predicted molar refractivity (Wildman–Crippen MR) is 90.5 cm³/mol. The Morgan fingerprint density at radius 2 is 2.13 bits per heavy atom. The van der Waals surface area contributed by atoms with Crippen LogP contribution in [0.1, 0.15) is 31.7 Å². The zero-order chi connectivity index (χ0) is 16.5. The van der Waals surface area contributed by atoms with Crippen LogP contribution < -0.4 is 15.4 Å². The number of urea groups is 1. The molecule has 0 spiro atoms. The van der Waals surface area contributed by atoms with E-state index in [4.69, 9.17) is 4.74 Å². The van der Waals surface area contributed by atoms with Crippen LogP contribution in [0.15, 0.2) is 18.3 Å². The highest BCUT2D eigenvalue weighted by Gasteiger charge is 2.14. The minimum atomic E-state index is -0.131. The largest absolute Gasteiger partial charge is 0.481 e. The van der Waals surface area contributed by atoms with Gasteiger partial charge in [-0.1, -0.05) is 13.0 Å². The van der Waals surface area contributed by atoms with Gasteiger partial charge in [-0.3, -0.25) is 0 Å². The lowest BCUT2D eigenvalue weighted by Crippen LogP contribution is -2.38. The Bertz CT molecular complexity index is 470. The molecule has 0 aromatic carbocycles. The van der Waals surface area contributed by atoms with Crippen LogP contribution in [-0.4, -0.2) is 49.2 Å². The summed E-state index contributed by atoms with van der Waals surface area (Å²) in [4.78, 5) is 18.3. The van der Waals surface area contributed by atoms with Gasteiger partial charge in [-0.05, 0) is 50.4 Å². The number of likely N-dealkylation sites (tertiary alicyclic amines) is 1. The van der Waals surface area contributed by atoms with Crippen molar-refractivity contribution in [3.05, 3.63) is 23.9 Å². The number of ether oxygens (including phenoxy) is 1. The molecule has 2 heterocycles. The quantitative estimate of drug-likeness (QED) is 0.754. The Kier molecular flexibility index (Phi) is 7.13. The molecule has 0 saturated carbocycles. The van der Waals surface area contributed by atoms with E-state index in [-0.39, 0.29) is 6.03 Å². The van der Waals surface area contributed by atoms with Gasteiger partial charge in [-0.2, -0.15) is 0 Å². The maximum Gasteiger partial charge on any atom is 0.315 e. The van der Waals surface area contributed by atoms with Crippen molar-refractivity contribution in [2.45, 2.75) is 32.7 Å². The SMILES string of the molecule is COc1ccc(CNC(=O)NCCCN2CCC(C)CC2)cn1. The minimum absolute atomic E-state index is 0.131. The monoisotopic (exact) mass is 320 g/mol. The van der Waals surface area contributed by atoms with Gasteiger partial charge in [0.1, 0.15) is 0 Å². The van der Waals surface area contributed by atoms with Crippen molar-refractivity contribution in [2.24, 2.45) is 5.92 Å². The summed E-state index contributed by atoms with van der Waals surface area (Å²) < 4.78 is 5.00. The Morgan fingerprint density at radius 1 is 1.35 bits per heavy atom. The maximum atomic E-state index is 11.8. The van der Waals surface area contributed by atoms with Crippen molar-refractivity contribution in [3.8, 4) is 5.88 Å². The van der Waals surface area contributed by atoms with Crippen LogP contribution in [0.5, 0.6) is 5.88 Å². The van der Waals surface area contributed by atoms with E-state index in [9.17, 15) is 4.79 Å². The Morgan fingerprint density at radius 3 is 2.78 bits per heavy atom. The molecule has 1 aromatic rings. The highest BCUT2D eigenvalue weighted by atomic mass is 16.5. The molecule has 6 nitrogen and oxygen atoms in total. The van der Waals surface area contributed by atoms with Gasteiger partial charge >= 0.3 is 6.03 Å². The first-order chi connectivity index (χ1) is 11.2. The fourth-order valence-corrected chi connectivity index (χ4v) is 2.67. The average molecular weight is 320 g/mol. The van der Waals surface area contributed by atoms with E-state index in [0.717, 1.165) is 24.4 Å². The number of amides is 2. The van der Waals surface area contributed by atoms with Crippen molar-refractivity contribution >= 4 is 6.03 Å². The zero-order valence-electron chi connectivity index (χ0n) is 14.2. The van der Waals surface area contributed by atoms with Crippen LogP contribution in [0.4, 0.5) is 4.79 Å². The van der Waals surface area contributed by atoms with Crippen molar-refractivity contribution in [1.82, 2.24) is 20.5 Å². The van der Waals surface area contributed by atoms with E-state index >= 15 is 0 Å². The second kappa shape index (κ2) is 9.35. The highest BCUT2D eigenvalue weighted by Crippen LogP contribution is 2.15. The summed E-state index contributed by atoms with van der Waals surface area (Å²) in [6.45, 7) is 6.94. The summed E-state index contributed by atoms with van der Waals surface area (Å²) in [6, 6.07) is 3.55. The Labute approximate surface area is 138 Å². The molecule has 1 aromatic heterocycles. The van der Waals surface area contributed by atoms with Gasteiger partial charge in [0.25, 0.3) is 0 Å². The lowest BCUT2D eigenvalue weighted by molar-refractivity contribution is 0.190. The third-order valence-electron chi connectivity index (χ3n) is 4.27. The molecule has 2 rings (SSSR count). The number of carbonyl (C=O) groups is 1. The molecular formula is C17H28N4O2. The third-order valence-corrected chi connectivity index (χ3v) is 4.27. The summed E-state index contributed by atoms with van der Waals surface area (Å²) in [5.74, 6) is 1.44. The predicted octanol–water partition coefficient (Wildman–Crippen LogP) is 2.01. The molecule has 1 aliphatic rings. The Balaban J connectivity index is 1.54. The van der Waals surface area contributed by atoms with Crippen LogP contribution in [0.3, 0.4) is 0 Å². The first-order valence-corrected chi connectivity index (χ1v) is 8.40. The van der Waals surface area contributed by atoms with Gasteiger partial charge in [0.2, 0.25) is 5.88 Å². The van der Waals surface area contributed by atoms with Crippen LogP contribution >= 0.6 is 0 Å². The molecule has 1 aliphatic heterocycles. The van der Waals surface area contributed by atoms with Gasteiger partial charge in [0, 0.05) is 25.4 Å². The van der Waals surface area contributed by atoms with Crippen molar-refractivity contribution in [1.29, 1.82) is 0 Å². The second-order valence-corrected chi connectivity index (χ2v) is 6.20. The maximum absolute atomic E-state index is 11.8. The molecule has 6 heteroatoms. The molecule has 1 fully saturated rings. The average Bonchev–Trinajstić information content (AvgIpc) is 2.59. The molecular weight excluding hydrogens is 292 g/mol. The summed E-state index contributed by atoms with van der Waals surface area (Å²) >= 11 is 0. The van der Waals surface area contributed by atoms with Gasteiger partial charge in [-0.25, -0.2) is 9.78 Å². The number of carbonyl (C=O) groups excluding carboxylic acids is 1. The summed E-state index contributed by atoms with van der Waals surface area (Å²) in [7, 11) is 1.58. The van der Waals surface area contributed by atoms with Gasteiger partial charge < -0.3 is 20.3 Å². The fraction of sp³-hybridized carbons (Fsp3) is 0.647. The fourth-order valence-electron chi connectivity index (χ4n) is 2.67.